The van der Waals surface area contributed by atoms with Gasteiger partial charge in [0.25, 0.3) is 0 Å². The molecule has 0 amide bonds. The van der Waals surface area contributed by atoms with Gasteiger partial charge in [0.15, 0.2) is 0 Å². The Morgan fingerprint density at radius 3 is 2.05 bits per heavy atom. The van der Waals surface area contributed by atoms with Crippen LogP contribution in [0.1, 0.15) is 57.3 Å². The predicted octanol–water partition coefficient (Wildman–Crippen LogP) is 5.74. The van der Waals surface area contributed by atoms with Crippen LogP contribution in [0.2, 0.25) is 0 Å². The SMILES string of the molecule is CCC(C)c1ccc(Br)cc1.Cc1ccn(C(C)C)n1. The summed E-state index contributed by atoms with van der Waals surface area (Å²) in [6.45, 7) is 10.7. The highest BCUT2D eigenvalue weighted by molar-refractivity contribution is 9.10. The van der Waals surface area contributed by atoms with Crippen molar-refractivity contribution in [2.45, 2.75) is 53.0 Å². The van der Waals surface area contributed by atoms with E-state index in [0.29, 0.717) is 12.0 Å². The summed E-state index contributed by atoms with van der Waals surface area (Å²) < 4.78 is 3.11. The first kappa shape index (κ1) is 17.0. The average Bonchev–Trinajstić information content (AvgIpc) is 2.86. The van der Waals surface area contributed by atoms with Crippen LogP contribution in [0, 0.1) is 6.92 Å². The standard InChI is InChI=1S/C10H13Br.C7H12N2/c1-3-8(2)9-4-6-10(11)7-5-9;1-6(2)9-5-4-7(3)8-9/h4-8H,3H2,1-2H3;4-6H,1-3H3. The summed E-state index contributed by atoms with van der Waals surface area (Å²) >= 11 is 3.42. The topological polar surface area (TPSA) is 17.8 Å². The number of nitrogens with zero attached hydrogens (tertiary/aromatic N) is 2. The Labute approximate surface area is 131 Å². The fourth-order valence-electron chi connectivity index (χ4n) is 1.75. The molecule has 1 heterocycles. The van der Waals surface area contributed by atoms with E-state index in [1.54, 1.807) is 0 Å². The molecule has 2 rings (SSSR count). The van der Waals surface area contributed by atoms with Crippen molar-refractivity contribution in [1.82, 2.24) is 9.78 Å². The summed E-state index contributed by atoms with van der Waals surface area (Å²) in [5.74, 6) is 0.683. The fourth-order valence-corrected chi connectivity index (χ4v) is 2.01. The number of aromatic nitrogens is 2. The van der Waals surface area contributed by atoms with Crippen LogP contribution >= 0.6 is 15.9 Å². The molecule has 0 saturated heterocycles. The third kappa shape index (κ3) is 5.49. The molecule has 1 atom stereocenters. The minimum Gasteiger partial charge on any atom is -0.270 e. The Morgan fingerprint density at radius 2 is 1.70 bits per heavy atom. The lowest BCUT2D eigenvalue weighted by atomic mass is 9.99. The first-order valence-electron chi connectivity index (χ1n) is 7.21. The van der Waals surface area contributed by atoms with Crippen LogP contribution in [0.3, 0.4) is 0 Å². The molecule has 0 bridgehead atoms. The Morgan fingerprint density at radius 1 is 1.10 bits per heavy atom. The van der Waals surface area contributed by atoms with E-state index >= 15 is 0 Å². The van der Waals surface area contributed by atoms with Gasteiger partial charge in [0, 0.05) is 16.7 Å². The molecule has 2 aromatic rings. The third-order valence-electron chi connectivity index (χ3n) is 3.32. The fraction of sp³-hybridized carbons (Fsp3) is 0.471. The van der Waals surface area contributed by atoms with Gasteiger partial charge in [-0.1, -0.05) is 41.9 Å². The summed E-state index contributed by atoms with van der Waals surface area (Å²) in [4.78, 5) is 0. The molecule has 0 N–H and O–H groups in total. The lowest BCUT2D eigenvalue weighted by Gasteiger charge is -2.07. The number of aryl methyl sites for hydroxylation is 1. The van der Waals surface area contributed by atoms with Crippen LogP contribution in [0.5, 0.6) is 0 Å². The van der Waals surface area contributed by atoms with Crippen molar-refractivity contribution >= 4 is 15.9 Å². The first-order valence-corrected chi connectivity index (χ1v) is 8.00. The van der Waals surface area contributed by atoms with Crippen molar-refractivity contribution < 1.29 is 0 Å². The lowest BCUT2D eigenvalue weighted by Crippen LogP contribution is -2.00. The van der Waals surface area contributed by atoms with Crippen LogP contribution in [-0.4, -0.2) is 9.78 Å². The second-order valence-corrected chi connectivity index (χ2v) is 6.31. The van der Waals surface area contributed by atoms with E-state index in [-0.39, 0.29) is 0 Å². The van der Waals surface area contributed by atoms with Crippen LogP contribution in [0.25, 0.3) is 0 Å². The van der Waals surface area contributed by atoms with E-state index in [0.717, 1.165) is 10.2 Å². The molecular weight excluding hydrogens is 312 g/mol. The molecule has 0 saturated carbocycles. The number of halogens is 1. The van der Waals surface area contributed by atoms with Crippen molar-refractivity contribution in [3.8, 4) is 0 Å². The predicted molar refractivity (Wildman–Crippen MR) is 90.2 cm³/mol. The van der Waals surface area contributed by atoms with E-state index in [1.807, 2.05) is 23.9 Å². The van der Waals surface area contributed by atoms with Gasteiger partial charge in [0.1, 0.15) is 0 Å². The number of benzene rings is 1. The van der Waals surface area contributed by atoms with Gasteiger partial charge in [-0.15, -0.1) is 0 Å². The molecule has 0 aliphatic heterocycles. The zero-order valence-corrected chi connectivity index (χ0v) is 14.7. The Kier molecular flexibility index (Phi) is 7.00. The summed E-state index contributed by atoms with van der Waals surface area (Å²) in [5.41, 5.74) is 2.51. The van der Waals surface area contributed by atoms with Crippen LogP contribution < -0.4 is 0 Å². The zero-order chi connectivity index (χ0) is 15.1. The van der Waals surface area contributed by atoms with Crippen molar-refractivity contribution in [2.75, 3.05) is 0 Å². The molecular formula is C17H25BrN2. The molecule has 0 aliphatic rings. The zero-order valence-electron chi connectivity index (χ0n) is 13.1. The van der Waals surface area contributed by atoms with Gasteiger partial charge < -0.3 is 0 Å². The summed E-state index contributed by atoms with van der Waals surface area (Å²) in [7, 11) is 0. The smallest absolute Gasteiger partial charge is 0.0593 e. The highest BCUT2D eigenvalue weighted by Gasteiger charge is 2.00. The average molecular weight is 337 g/mol. The number of hydrogen-bond acceptors (Lipinski definition) is 1. The van der Waals surface area contributed by atoms with E-state index in [2.05, 4.69) is 73.0 Å². The molecule has 20 heavy (non-hydrogen) atoms. The van der Waals surface area contributed by atoms with Crippen molar-refractivity contribution in [3.63, 3.8) is 0 Å². The minimum atomic E-state index is 0.485. The molecule has 1 unspecified atom stereocenters. The monoisotopic (exact) mass is 336 g/mol. The molecule has 1 aromatic carbocycles. The van der Waals surface area contributed by atoms with E-state index in [9.17, 15) is 0 Å². The molecule has 0 aliphatic carbocycles. The van der Waals surface area contributed by atoms with Gasteiger partial charge in [0.05, 0.1) is 5.69 Å². The van der Waals surface area contributed by atoms with E-state index < -0.39 is 0 Å². The quantitative estimate of drug-likeness (QED) is 0.699. The third-order valence-corrected chi connectivity index (χ3v) is 3.85. The Bertz CT molecular complexity index is 500. The van der Waals surface area contributed by atoms with E-state index in [1.165, 1.54) is 12.0 Å². The minimum absolute atomic E-state index is 0.485. The van der Waals surface area contributed by atoms with Gasteiger partial charge in [-0.3, -0.25) is 4.68 Å². The molecule has 0 radical (unpaired) electrons. The maximum Gasteiger partial charge on any atom is 0.0593 e. The highest BCUT2D eigenvalue weighted by Crippen LogP contribution is 2.20. The molecule has 0 fully saturated rings. The summed E-state index contributed by atoms with van der Waals surface area (Å²) in [6, 6.07) is 11.1. The normalized spacial score (nSPS) is 11.9. The summed E-state index contributed by atoms with van der Waals surface area (Å²) in [6.07, 6.45) is 3.21. The highest BCUT2D eigenvalue weighted by atomic mass is 79.9. The second kappa shape index (κ2) is 8.25. The van der Waals surface area contributed by atoms with Gasteiger partial charge in [0.2, 0.25) is 0 Å². The molecule has 110 valence electrons. The first-order chi connectivity index (χ1) is 9.43. The second-order valence-electron chi connectivity index (χ2n) is 5.39. The number of hydrogen-bond donors (Lipinski definition) is 0. The van der Waals surface area contributed by atoms with Crippen molar-refractivity contribution in [3.05, 3.63) is 52.3 Å². The largest absolute Gasteiger partial charge is 0.270 e. The maximum absolute atomic E-state index is 4.23. The molecule has 0 spiro atoms. The van der Waals surface area contributed by atoms with Gasteiger partial charge >= 0.3 is 0 Å². The Balaban J connectivity index is 0.000000204. The van der Waals surface area contributed by atoms with Crippen molar-refractivity contribution in [1.29, 1.82) is 0 Å². The van der Waals surface area contributed by atoms with Crippen molar-refractivity contribution in [2.24, 2.45) is 0 Å². The van der Waals surface area contributed by atoms with Gasteiger partial charge in [-0.25, -0.2) is 0 Å². The molecule has 1 aromatic heterocycles. The van der Waals surface area contributed by atoms with Crippen LogP contribution in [0.4, 0.5) is 0 Å². The lowest BCUT2D eigenvalue weighted by molar-refractivity contribution is 0.529. The summed E-state index contributed by atoms with van der Waals surface area (Å²) in [5, 5.41) is 4.23. The molecule has 2 nitrogen and oxygen atoms in total. The van der Waals surface area contributed by atoms with Crippen LogP contribution in [0.15, 0.2) is 41.0 Å². The molecule has 3 heteroatoms. The number of rotatable bonds is 3. The van der Waals surface area contributed by atoms with Gasteiger partial charge in [-0.05, 0) is 56.9 Å². The van der Waals surface area contributed by atoms with E-state index in [4.69, 9.17) is 0 Å². The maximum atomic E-state index is 4.23. The van der Waals surface area contributed by atoms with Crippen LogP contribution in [-0.2, 0) is 0 Å². The van der Waals surface area contributed by atoms with Gasteiger partial charge in [-0.2, -0.15) is 5.10 Å². The Hall–Kier alpha value is -1.09.